The Morgan fingerprint density at radius 2 is 2.12 bits per heavy atom. The molecule has 1 rings (SSSR count). The first-order chi connectivity index (χ1) is 7.65. The number of nitrogens with zero attached hydrogens (tertiary/aromatic N) is 3. The van der Waals surface area contributed by atoms with Gasteiger partial charge in [-0.2, -0.15) is 10.5 Å². The summed E-state index contributed by atoms with van der Waals surface area (Å²) in [5, 5.41) is 17.4. The van der Waals surface area contributed by atoms with Crippen LogP contribution in [0.25, 0.3) is 0 Å². The van der Waals surface area contributed by atoms with Crippen LogP contribution in [-0.4, -0.2) is 4.98 Å². The lowest BCUT2D eigenvalue weighted by Gasteiger charge is -2.11. The highest BCUT2D eigenvalue weighted by molar-refractivity contribution is 9.08. The van der Waals surface area contributed by atoms with Crippen LogP contribution < -0.4 is 0 Å². The molecule has 0 N–H and O–H groups in total. The molecule has 0 saturated heterocycles. The molecule has 0 aromatic carbocycles. The van der Waals surface area contributed by atoms with E-state index in [2.05, 4.69) is 20.9 Å². The van der Waals surface area contributed by atoms with Crippen molar-refractivity contribution >= 4 is 15.9 Å². The smallest absolute Gasteiger partial charge is 0.245 e. The van der Waals surface area contributed by atoms with Crippen LogP contribution in [0.2, 0.25) is 0 Å². The summed E-state index contributed by atoms with van der Waals surface area (Å²) in [5.74, 6) is 0. The van der Waals surface area contributed by atoms with Crippen molar-refractivity contribution in [2.24, 2.45) is 0 Å². The minimum Gasteiger partial charge on any atom is -0.245 e. The van der Waals surface area contributed by atoms with Crippen LogP contribution >= 0.6 is 15.9 Å². The molecule has 3 nitrogen and oxygen atoms in total. The van der Waals surface area contributed by atoms with E-state index in [-0.39, 0.29) is 28.6 Å². The largest absolute Gasteiger partial charge is 0.266 e. The summed E-state index contributed by atoms with van der Waals surface area (Å²) in [4.78, 5) is 3.63. The van der Waals surface area contributed by atoms with Crippen LogP contribution in [0.15, 0.2) is 6.20 Å². The van der Waals surface area contributed by atoms with E-state index in [4.69, 9.17) is 10.5 Å². The minimum absolute atomic E-state index is 0.000633. The normalized spacial score (nSPS) is 9.88. The Hall–Kier alpha value is -1.53. The molecule has 0 radical (unpaired) electrons. The Labute approximate surface area is 99.5 Å². The molecule has 0 aliphatic heterocycles. The van der Waals surface area contributed by atoms with Crippen LogP contribution in [0.1, 0.15) is 28.8 Å². The van der Waals surface area contributed by atoms with E-state index in [9.17, 15) is 8.78 Å². The second kappa shape index (κ2) is 5.53. The van der Waals surface area contributed by atoms with Gasteiger partial charge in [-0.3, -0.25) is 0 Å². The lowest BCUT2D eigenvalue weighted by molar-refractivity contribution is 0.149. The Morgan fingerprint density at radius 3 is 2.56 bits per heavy atom. The average molecular weight is 286 g/mol. The molecule has 0 bridgehead atoms. The molecular weight excluding hydrogens is 280 g/mol. The predicted octanol–water partition coefficient (Wildman–Crippen LogP) is 2.85. The van der Waals surface area contributed by atoms with E-state index in [1.807, 2.05) is 6.07 Å². The molecule has 0 spiro atoms. The maximum Gasteiger partial charge on any atom is 0.266 e. The summed E-state index contributed by atoms with van der Waals surface area (Å²) in [6.45, 7) is 0. The molecule has 0 aliphatic carbocycles. The molecule has 0 saturated carbocycles. The van der Waals surface area contributed by atoms with Gasteiger partial charge in [0, 0.05) is 11.5 Å². The van der Waals surface area contributed by atoms with Gasteiger partial charge in [-0.25, -0.2) is 13.8 Å². The van der Waals surface area contributed by atoms with E-state index < -0.39 is 6.43 Å². The van der Waals surface area contributed by atoms with Gasteiger partial charge in [0.2, 0.25) is 0 Å². The number of aromatic nitrogens is 1. The fourth-order valence-electron chi connectivity index (χ4n) is 1.33. The van der Waals surface area contributed by atoms with Crippen LogP contribution in [0, 0.1) is 22.7 Å². The van der Waals surface area contributed by atoms with E-state index in [1.165, 1.54) is 6.20 Å². The zero-order chi connectivity index (χ0) is 12.1. The van der Waals surface area contributed by atoms with Crippen molar-refractivity contribution in [1.29, 1.82) is 10.5 Å². The second-order valence-electron chi connectivity index (χ2n) is 2.91. The molecule has 0 aliphatic rings. The first-order valence-corrected chi connectivity index (χ1v) is 5.39. The number of pyridine rings is 1. The van der Waals surface area contributed by atoms with E-state index in [1.54, 1.807) is 6.07 Å². The molecule has 82 valence electrons. The molecule has 0 unspecified atom stereocenters. The van der Waals surface area contributed by atoms with Gasteiger partial charge < -0.3 is 0 Å². The zero-order valence-electron chi connectivity index (χ0n) is 8.04. The quantitative estimate of drug-likeness (QED) is 0.803. The fourth-order valence-corrected chi connectivity index (χ4v) is 1.99. The highest BCUT2D eigenvalue weighted by Crippen LogP contribution is 2.29. The molecule has 0 fully saturated rings. The van der Waals surface area contributed by atoms with Crippen LogP contribution in [0.3, 0.4) is 0 Å². The first-order valence-electron chi connectivity index (χ1n) is 4.27. The molecule has 1 aromatic rings. The third kappa shape index (κ3) is 2.34. The second-order valence-corrected chi connectivity index (χ2v) is 3.47. The lowest BCUT2D eigenvalue weighted by atomic mass is 10.0. The topological polar surface area (TPSA) is 60.5 Å². The number of alkyl halides is 3. The average Bonchev–Trinajstić information content (AvgIpc) is 2.28. The van der Waals surface area contributed by atoms with Crippen molar-refractivity contribution in [2.45, 2.75) is 18.2 Å². The monoisotopic (exact) mass is 285 g/mol. The summed E-state index contributed by atoms with van der Waals surface area (Å²) < 4.78 is 25.6. The van der Waals surface area contributed by atoms with Crippen molar-refractivity contribution < 1.29 is 8.78 Å². The summed E-state index contributed by atoms with van der Waals surface area (Å²) in [6, 6.07) is 3.50. The summed E-state index contributed by atoms with van der Waals surface area (Å²) >= 11 is 3.08. The third-order valence-corrected chi connectivity index (χ3v) is 2.61. The van der Waals surface area contributed by atoms with Gasteiger partial charge in [-0.15, -0.1) is 0 Å². The zero-order valence-corrected chi connectivity index (χ0v) is 9.63. The fraction of sp³-hybridized carbons (Fsp3) is 0.300. The van der Waals surface area contributed by atoms with Crippen molar-refractivity contribution in [2.75, 3.05) is 0 Å². The number of hydrogen-bond donors (Lipinski definition) is 0. The molecule has 1 aromatic heterocycles. The minimum atomic E-state index is -2.77. The van der Waals surface area contributed by atoms with Gasteiger partial charge in [0.1, 0.15) is 11.8 Å². The first kappa shape index (κ1) is 12.5. The van der Waals surface area contributed by atoms with E-state index >= 15 is 0 Å². The number of nitriles is 2. The predicted molar refractivity (Wildman–Crippen MR) is 55.9 cm³/mol. The van der Waals surface area contributed by atoms with Crippen molar-refractivity contribution in [3.05, 3.63) is 28.6 Å². The Bertz CT molecular complexity index is 474. The van der Waals surface area contributed by atoms with Gasteiger partial charge in [0.05, 0.1) is 18.1 Å². The Morgan fingerprint density at radius 1 is 1.44 bits per heavy atom. The van der Waals surface area contributed by atoms with E-state index in [0.29, 0.717) is 5.56 Å². The third-order valence-electron chi connectivity index (χ3n) is 2.04. The number of halogens is 3. The van der Waals surface area contributed by atoms with Gasteiger partial charge >= 0.3 is 0 Å². The van der Waals surface area contributed by atoms with Crippen molar-refractivity contribution in [3.63, 3.8) is 0 Å². The van der Waals surface area contributed by atoms with Crippen LogP contribution in [0.4, 0.5) is 8.78 Å². The highest BCUT2D eigenvalue weighted by Gasteiger charge is 2.21. The summed E-state index contributed by atoms with van der Waals surface area (Å²) in [5.41, 5.74) is 0.0371. The summed E-state index contributed by atoms with van der Waals surface area (Å²) in [7, 11) is 0. The molecule has 1 heterocycles. The highest BCUT2D eigenvalue weighted by atomic mass is 79.9. The van der Waals surface area contributed by atoms with Crippen LogP contribution in [-0.2, 0) is 11.8 Å². The SMILES string of the molecule is N#CCc1cnc(C#N)c(C(F)F)c1CBr. The Kier molecular flexibility index (Phi) is 4.33. The maximum absolute atomic E-state index is 12.8. The van der Waals surface area contributed by atoms with Gasteiger partial charge in [0.25, 0.3) is 6.43 Å². The van der Waals surface area contributed by atoms with Crippen molar-refractivity contribution in [1.82, 2.24) is 4.98 Å². The molecule has 0 amide bonds. The van der Waals surface area contributed by atoms with Gasteiger partial charge in [-0.05, 0) is 11.1 Å². The maximum atomic E-state index is 12.8. The standard InChI is InChI=1S/C10H6BrF2N3/c11-3-7-6(1-2-14)5-16-8(4-15)9(7)10(12)13/h5,10H,1,3H2. The molecular formula is C10H6BrF2N3. The number of hydrogen-bond acceptors (Lipinski definition) is 3. The molecule has 16 heavy (non-hydrogen) atoms. The van der Waals surface area contributed by atoms with Crippen LogP contribution in [0.5, 0.6) is 0 Å². The van der Waals surface area contributed by atoms with E-state index in [0.717, 1.165) is 0 Å². The summed E-state index contributed by atoms with van der Waals surface area (Å²) in [6.07, 6.45) is -1.47. The lowest BCUT2D eigenvalue weighted by Crippen LogP contribution is -2.04. The van der Waals surface area contributed by atoms with Gasteiger partial charge in [0.15, 0.2) is 0 Å². The molecule has 0 atom stereocenters. The molecule has 6 heteroatoms. The van der Waals surface area contributed by atoms with Crippen molar-refractivity contribution in [3.8, 4) is 12.1 Å². The Balaban J connectivity index is 3.46. The number of rotatable bonds is 3. The van der Waals surface area contributed by atoms with Gasteiger partial charge in [-0.1, -0.05) is 15.9 Å².